The third-order valence-corrected chi connectivity index (χ3v) is 5.45. The summed E-state index contributed by atoms with van der Waals surface area (Å²) in [5.41, 5.74) is 1.05. The van der Waals surface area contributed by atoms with E-state index in [2.05, 4.69) is 5.32 Å². The highest BCUT2D eigenvalue weighted by Crippen LogP contribution is 2.26. The molecule has 30 heavy (non-hydrogen) atoms. The van der Waals surface area contributed by atoms with Gasteiger partial charge in [0.25, 0.3) is 5.91 Å². The SMILES string of the molecule is CCOC(=O)[C@H](CCc1ccccc1)N[C@H]1CCC(=O)N2CCC(C(=O)O)N2C1=O. The molecule has 2 aliphatic rings. The molecule has 1 aromatic carbocycles. The van der Waals surface area contributed by atoms with Gasteiger partial charge in [-0.3, -0.25) is 24.7 Å². The average molecular weight is 417 g/mol. The van der Waals surface area contributed by atoms with Gasteiger partial charge >= 0.3 is 11.9 Å². The van der Waals surface area contributed by atoms with Crippen molar-refractivity contribution in [1.29, 1.82) is 0 Å². The van der Waals surface area contributed by atoms with Crippen LogP contribution in [0.4, 0.5) is 0 Å². The van der Waals surface area contributed by atoms with Crippen LogP contribution in [0.15, 0.2) is 30.3 Å². The Labute approximate surface area is 174 Å². The Morgan fingerprint density at radius 2 is 1.97 bits per heavy atom. The van der Waals surface area contributed by atoms with Gasteiger partial charge in [-0.25, -0.2) is 9.80 Å². The highest BCUT2D eigenvalue weighted by Gasteiger charge is 2.47. The average Bonchev–Trinajstić information content (AvgIpc) is 3.15. The molecule has 2 fully saturated rings. The van der Waals surface area contributed by atoms with E-state index in [0.717, 1.165) is 10.6 Å². The van der Waals surface area contributed by atoms with Crippen LogP contribution in [0.1, 0.15) is 38.2 Å². The van der Waals surface area contributed by atoms with E-state index in [4.69, 9.17) is 4.74 Å². The number of hydrazine groups is 1. The van der Waals surface area contributed by atoms with Crippen LogP contribution in [-0.4, -0.2) is 70.2 Å². The Bertz CT molecular complexity index is 799. The first-order valence-electron chi connectivity index (χ1n) is 10.2. The predicted molar refractivity (Wildman–Crippen MR) is 106 cm³/mol. The van der Waals surface area contributed by atoms with E-state index in [1.165, 1.54) is 5.01 Å². The Balaban J connectivity index is 1.76. The summed E-state index contributed by atoms with van der Waals surface area (Å²) in [5.74, 6) is -2.40. The van der Waals surface area contributed by atoms with Crippen molar-refractivity contribution in [3.8, 4) is 0 Å². The normalized spacial score (nSPS) is 22.4. The fourth-order valence-electron chi connectivity index (χ4n) is 3.93. The van der Waals surface area contributed by atoms with Crippen LogP contribution in [0.5, 0.6) is 0 Å². The number of carboxylic acids is 1. The molecule has 3 rings (SSSR count). The van der Waals surface area contributed by atoms with Crippen molar-refractivity contribution in [2.24, 2.45) is 0 Å². The summed E-state index contributed by atoms with van der Waals surface area (Å²) in [5, 5.41) is 14.8. The van der Waals surface area contributed by atoms with Crippen LogP contribution >= 0.6 is 0 Å². The summed E-state index contributed by atoms with van der Waals surface area (Å²) in [6.07, 6.45) is 1.49. The highest BCUT2D eigenvalue weighted by molar-refractivity contribution is 5.92. The minimum absolute atomic E-state index is 0.0977. The summed E-state index contributed by atoms with van der Waals surface area (Å²) in [7, 11) is 0. The van der Waals surface area contributed by atoms with Gasteiger partial charge in [0.15, 0.2) is 6.04 Å². The van der Waals surface area contributed by atoms with Gasteiger partial charge in [-0.05, 0) is 31.7 Å². The maximum absolute atomic E-state index is 13.1. The fraction of sp³-hybridized carbons (Fsp3) is 0.524. The third-order valence-electron chi connectivity index (χ3n) is 5.45. The summed E-state index contributed by atoms with van der Waals surface area (Å²) >= 11 is 0. The van der Waals surface area contributed by atoms with Crippen molar-refractivity contribution in [3.05, 3.63) is 35.9 Å². The molecule has 2 saturated heterocycles. The first-order valence-corrected chi connectivity index (χ1v) is 10.2. The quantitative estimate of drug-likeness (QED) is 0.599. The number of nitrogens with one attached hydrogen (secondary N) is 1. The number of hydrogen-bond acceptors (Lipinski definition) is 6. The number of fused-ring (bicyclic) bond motifs is 1. The van der Waals surface area contributed by atoms with Crippen LogP contribution in [0.2, 0.25) is 0 Å². The molecule has 3 atom stereocenters. The van der Waals surface area contributed by atoms with Gasteiger partial charge in [0, 0.05) is 19.4 Å². The number of carbonyl (C=O) groups is 4. The topological polar surface area (TPSA) is 116 Å². The summed E-state index contributed by atoms with van der Waals surface area (Å²) < 4.78 is 5.17. The van der Waals surface area contributed by atoms with Gasteiger partial charge in [0.2, 0.25) is 5.91 Å². The molecule has 9 heteroatoms. The van der Waals surface area contributed by atoms with Crippen molar-refractivity contribution in [3.63, 3.8) is 0 Å². The molecule has 1 unspecified atom stereocenters. The lowest BCUT2D eigenvalue weighted by molar-refractivity contribution is -0.166. The molecule has 2 amide bonds. The molecule has 162 valence electrons. The number of amides is 2. The van der Waals surface area contributed by atoms with Crippen LogP contribution in [0.25, 0.3) is 0 Å². The van der Waals surface area contributed by atoms with Gasteiger partial charge in [-0.2, -0.15) is 0 Å². The number of hydrogen-bond donors (Lipinski definition) is 2. The number of benzene rings is 1. The van der Waals surface area contributed by atoms with Crippen molar-refractivity contribution >= 4 is 23.8 Å². The van der Waals surface area contributed by atoms with E-state index < -0.39 is 36.0 Å². The molecule has 0 aliphatic carbocycles. The molecule has 0 spiro atoms. The maximum atomic E-state index is 13.1. The Morgan fingerprint density at radius 3 is 2.63 bits per heavy atom. The summed E-state index contributed by atoms with van der Waals surface area (Å²) in [6.45, 7) is 2.12. The lowest BCUT2D eigenvalue weighted by atomic mass is 10.0. The third kappa shape index (κ3) is 4.79. The standard InChI is InChI=1S/C21H27N3O6/c1-2-30-21(29)16(9-8-14-6-4-3-5-7-14)22-15-10-11-18(25)23-13-12-17(20(27)28)24(23)19(15)26/h3-7,15-17,22H,2,8-13H2,1H3,(H,27,28)/t15-,16-,17?/m0/s1. The second-order valence-electron chi connectivity index (χ2n) is 7.43. The number of aliphatic carboxylic acids is 1. The van der Waals surface area contributed by atoms with Crippen LogP contribution in [0.3, 0.4) is 0 Å². The van der Waals surface area contributed by atoms with Crippen LogP contribution < -0.4 is 5.32 Å². The Morgan fingerprint density at radius 1 is 1.23 bits per heavy atom. The van der Waals surface area contributed by atoms with Crippen molar-refractivity contribution < 1.29 is 29.0 Å². The minimum Gasteiger partial charge on any atom is -0.480 e. The van der Waals surface area contributed by atoms with Crippen molar-refractivity contribution in [2.45, 2.75) is 57.2 Å². The van der Waals surface area contributed by atoms with E-state index in [1.54, 1.807) is 6.92 Å². The molecule has 0 radical (unpaired) electrons. The van der Waals surface area contributed by atoms with Crippen LogP contribution in [0, 0.1) is 0 Å². The maximum Gasteiger partial charge on any atom is 0.328 e. The monoisotopic (exact) mass is 417 g/mol. The first-order chi connectivity index (χ1) is 14.4. The van der Waals surface area contributed by atoms with Crippen molar-refractivity contribution in [2.75, 3.05) is 13.2 Å². The van der Waals surface area contributed by atoms with Gasteiger partial charge in [-0.1, -0.05) is 30.3 Å². The van der Waals surface area contributed by atoms with Gasteiger partial charge in [0.1, 0.15) is 6.04 Å². The molecule has 1 aromatic rings. The van der Waals surface area contributed by atoms with Gasteiger partial charge in [-0.15, -0.1) is 0 Å². The lowest BCUT2D eigenvalue weighted by Crippen LogP contribution is -2.56. The van der Waals surface area contributed by atoms with E-state index in [9.17, 15) is 24.3 Å². The highest BCUT2D eigenvalue weighted by atomic mass is 16.5. The molecule has 0 saturated carbocycles. The smallest absolute Gasteiger partial charge is 0.328 e. The molecule has 0 bridgehead atoms. The zero-order chi connectivity index (χ0) is 21.7. The lowest BCUT2D eigenvalue weighted by Gasteiger charge is -2.31. The van der Waals surface area contributed by atoms with E-state index in [0.29, 0.717) is 12.8 Å². The number of rotatable bonds is 8. The summed E-state index contributed by atoms with van der Waals surface area (Å²) in [4.78, 5) is 49.6. The van der Waals surface area contributed by atoms with E-state index >= 15 is 0 Å². The van der Waals surface area contributed by atoms with E-state index in [1.807, 2.05) is 30.3 Å². The first kappa shape index (κ1) is 21.8. The zero-order valence-electron chi connectivity index (χ0n) is 17.0. The van der Waals surface area contributed by atoms with Crippen molar-refractivity contribution in [1.82, 2.24) is 15.3 Å². The largest absolute Gasteiger partial charge is 0.480 e. The molecule has 0 aromatic heterocycles. The molecule has 2 N–H and O–H groups in total. The van der Waals surface area contributed by atoms with E-state index in [-0.39, 0.29) is 38.3 Å². The number of carboxylic acid groups (broad SMARTS) is 1. The predicted octanol–water partition coefficient (Wildman–Crippen LogP) is 0.732. The second-order valence-corrected chi connectivity index (χ2v) is 7.43. The number of carbonyl (C=O) groups excluding carboxylic acids is 3. The molecular weight excluding hydrogens is 390 g/mol. The number of nitrogens with zero attached hydrogens (tertiary/aromatic N) is 2. The second kappa shape index (κ2) is 9.71. The summed E-state index contributed by atoms with van der Waals surface area (Å²) in [6, 6.07) is 6.98. The number of ether oxygens (including phenoxy) is 1. The minimum atomic E-state index is -1.15. The number of esters is 1. The Kier molecular flexibility index (Phi) is 7.04. The molecular formula is C21H27N3O6. The molecule has 9 nitrogen and oxygen atoms in total. The molecule has 2 heterocycles. The number of aryl methyl sites for hydroxylation is 1. The Hall–Kier alpha value is -2.94. The zero-order valence-corrected chi connectivity index (χ0v) is 17.0. The van der Waals surface area contributed by atoms with Gasteiger partial charge < -0.3 is 9.84 Å². The molecule has 2 aliphatic heterocycles. The van der Waals surface area contributed by atoms with Crippen LogP contribution in [-0.2, 0) is 30.3 Å². The fourth-order valence-corrected chi connectivity index (χ4v) is 3.93. The van der Waals surface area contributed by atoms with Gasteiger partial charge in [0.05, 0.1) is 12.6 Å².